The summed E-state index contributed by atoms with van der Waals surface area (Å²) < 4.78 is 1.62. The maximum Gasteiger partial charge on any atom is 0.283 e. The van der Waals surface area contributed by atoms with E-state index in [1.54, 1.807) is 35.9 Å². The van der Waals surface area contributed by atoms with Gasteiger partial charge in [0.05, 0.1) is 23.1 Å². The number of hydrogen-bond acceptors (Lipinski definition) is 2. The van der Waals surface area contributed by atoms with Gasteiger partial charge >= 0.3 is 0 Å². The number of halogens is 1. The second-order valence-corrected chi connectivity index (χ2v) is 4.31. The largest absolute Gasteiger partial charge is 0.370 e. The van der Waals surface area contributed by atoms with Crippen molar-refractivity contribution in [3.63, 3.8) is 0 Å². The summed E-state index contributed by atoms with van der Waals surface area (Å²) in [5, 5.41) is 4.78. The number of nitrogens with two attached hydrogens (primary N) is 2. The van der Waals surface area contributed by atoms with E-state index in [0.29, 0.717) is 16.3 Å². The van der Waals surface area contributed by atoms with Gasteiger partial charge in [-0.05, 0) is 31.2 Å². The minimum atomic E-state index is -0.516. The SMILES string of the molecule is Cc1c(C(=O)N=C(N)N)cnn1-c1ccc(Cl)cc1. The molecule has 0 radical (unpaired) electrons. The predicted molar refractivity (Wildman–Crippen MR) is 73.5 cm³/mol. The highest BCUT2D eigenvalue weighted by Crippen LogP contribution is 2.17. The van der Waals surface area contributed by atoms with Crippen LogP contribution < -0.4 is 11.5 Å². The van der Waals surface area contributed by atoms with E-state index in [2.05, 4.69) is 10.1 Å². The Bertz CT molecular complexity index is 641. The summed E-state index contributed by atoms with van der Waals surface area (Å²) in [6.45, 7) is 1.76. The van der Waals surface area contributed by atoms with Crippen molar-refractivity contribution < 1.29 is 4.79 Å². The molecular weight excluding hydrogens is 266 g/mol. The van der Waals surface area contributed by atoms with E-state index in [4.69, 9.17) is 23.1 Å². The Morgan fingerprint density at radius 1 is 1.32 bits per heavy atom. The number of aromatic nitrogens is 2. The maximum absolute atomic E-state index is 11.8. The third-order valence-electron chi connectivity index (χ3n) is 2.54. The highest BCUT2D eigenvalue weighted by atomic mass is 35.5. The zero-order valence-corrected chi connectivity index (χ0v) is 10.9. The van der Waals surface area contributed by atoms with Crippen LogP contribution in [0.4, 0.5) is 0 Å². The molecule has 0 saturated heterocycles. The first kappa shape index (κ1) is 13.1. The Morgan fingerprint density at radius 3 is 2.53 bits per heavy atom. The number of nitrogens with zero attached hydrogens (tertiary/aromatic N) is 3. The van der Waals surface area contributed by atoms with E-state index in [9.17, 15) is 4.79 Å². The fourth-order valence-corrected chi connectivity index (χ4v) is 1.77. The van der Waals surface area contributed by atoms with Crippen LogP contribution in [0.3, 0.4) is 0 Å². The molecule has 0 aliphatic rings. The molecule has 98 valence electrons. The molecule has 0 bridgehead atoms. The number of rotatable bonds is 2. The number of amides is 1. The van der Waals surface area contributed by atoms with Gasteiger partial charge in [0.2, 0.25) is 0 Å². The van der Waals surface area contributed by atoms with Crippen LogP contribution in [0.25, 0.3) is 5.69 Å². The fourth-order valence-electron chi connectivity index (χ4n) is 1.64. The Morgan fingerprint density at radius 2 is 1.95 bits per heavy atom. The standard InChI is InChI=1S/C12H12ClN5O/c1-7-10(11(19)17-12(14)15)6-16-18(7)9-4-2-8(13)3-5-9/h2-6H,1H3,(H4,14,15,17,19). The van der Waals surface area contributed by atoms with Gasteiger partial charge in [0.1, 0.15) is 0 Å². The summed E-state index contributed by atoms with van der Waals surface area (Å²) in [4.78, 5) is 15.2. The number of aliphatic imine (C=N–C) groups is 1. The summed E-state index contributed by atoms with van der Waals surface area (Å²) in [6, 6.07) is 7.10. The van der Waals surface area contributed by atoms with Gasteiger partial charge in [-0.25, -0.2) is 4.68 Å². The summed E-state index contributed by atoms with van der Waals surface area (Å²) in [5.41, 5.74) is 12.2. The topological polar surface area (TPSA) is 99.3 Å². The molecule has 1 aromatic carbocycles. The van der Waals surface area contributed by atoms with Gasteiger partial charge in [-0.3, -0.25) is 4.79 Å². The molecule has 1 heterocycles. The van der Waals surface area contributed by atoms with Crippen molar-refractivity contribution in [2.24, 2.45) is 16.5 Å². The van der Waals surface area contributed by atoms with E-state index in [0.717, 1.165) is 5.69 Å². The van der Waals surface area contributed by atoms with Crippen molar-refractivity contribution in [3.8, 4) is 5.69 Å². The second kappa shape index (κ2) is 5.11. The van der Waals surface area contributed by atoms with Gasteiger partial charge in [0.25, 0.3) is 5.91 Å². The number of carbonyl (C=O) groups excluding carboxylic acids is 1. The van der Waals surface area contributed by atoms with Crippen LogP contribution in [-0.2, 0) is 0 Å². The molecule has 0 saturated carbocycles. The molecule has 0 atom stereocenters. The van der Waals surface area contributed by atoms with Gasteiger partial charge in [0, 0.05) is 5.02 Å². The van der Waals surface area contributed by atoms with Gasteiger partial charge < -0.3 is 11.5 Å². The lowest BCUT2D eigenvalue weighted by Crippen LogP contribution is -2.24. The lowest BCUT2D eigenvalue weighted by Gasteiger charge is -2.04. The third kappa shape index (κ3) is 2.74. The summed E-state index contributed by atoms with van der Waals surface area (Å²) in [5.74, 6) is -0.790. The van der Waals surface area contributed by atoms with Crippen molar-refractivity contribution in [2.75, 3.05) is 0 Å². The summed E-state index contributed by atoms with van der Waals surface area (Å²) in [7, 11) is 0. The van der Waals surface area contributed by atoms with E-state index in [-0.39, 0.29) is 5.96 Å². The first-order valence-electron chi connectivity index (χ1n) is 5.43. The van der Waals surface area contributed by atoms with Crippen molar-refractivity contribution in [3.05, 3.63) is 46.7 Å². The lowest BCUT2D eigenvalue weighted by atomic mass is 10.2. The van der Waals surface area contributed by atoms with Gasteiger partial charge in [-0.1, -0.05) is 11.6 Å². The van der Waals surface area contributed by atoms with Crippen LogP contribution in [0.2, 0.25) is 5.02 Å². The van der Waals surface area contributed by atoms with Crippen molar-refractivity contribution in [2.45, 2.75) is 6.92 Å². The maximum atomic E-state index is 11.8. The lowest BCUT2D eigenvalue weighted by molar-refractivity contribution is 0.100. The molecule has 4 N–H and O–H groups in total. The number of benzene rings is 1. The van der Waals surface area contributed by atoms with Crippen LogP contribution in [0.1, 0.15) is 16.1 Å². The highest BCUT2D eigenvalue weighted by Gasteiger charge is 2.14. The van der Waals surface area contributed by atoms with E-state index in [1.807, 2.05) is 0 Å². The van der Waals surface area contributed by atoms with Crippen molar-refractivity contribution in [1.82, 2.24) is 9.78 Å². The minimum Gasteiger partial charge on any atom is -0.370 e. The molecule has 0 unspecified atom stereocenters. The van der Waals surface area contributed by atoms with Crippen LogP contribution in [-0.4, -0.2) is 21.6 Å². The molecule has 7 heteroatoms. The van der Waals surface area contributed by atoms with Crippen LogP contribution in [0, 0.1) is 6.92 Å². The van der Waals surface area contributed by atoms with Gasteiger partial charge in [0.15, 0.2) is 5.96 Å². The highest BCUT2D eigenvalue weighted by molar-refractivity contribution is 6.30. The van der Waals surface area contributed by atoms with Gasteiger partial charge in [-0.15, -0.1) is 0 Å². The van der Waals surface area contributed by atoms with Crippen LogP contribution in [0.5, 0.6) is 0 Å². The normalized spacial score (nSPS) is 10.2. The second-order valence-electron chi connectivity index (χ2n) is 3.87. The molecule has 2 aromatic rings. The quantitative estimate of drug-likeness (QED) is 0.637. The van der Waals surface area contributed by atoms with Crippen molar-refractivity contribution >= 4 is 23.5 Å². The molecular formula is C12H12ClN5O. The first-order valence-corrected chi connectivity index (χ1v) is 5.81. The average molecular weight is 278 g/mol. The molecule has 0 fully saturated rings. The smallest absolute Gasteiger partial charge is 0.283 e. The number of guanidine groups is 1. The molecule has 0 aliphatic heterocycles. The Balaban J connectivity index is 2.41. The molecule has 2 rings (SSSR count). The molecule has 0 spiro atoms. The molecule has 19 heavy (non-hydrogen) atoms. The molecule has 1 amide bonds. The molecule has 6 nitrogen and oxygen atoms in total. The van der Waals surface area contributed by atoms with Gasteiger partial charge in [-0.2, -0.15) is 10.1 Å². The minimum absolute atomic E-state index is 0.274. The predicted octanol–water partition coefficient (Wildman–Crippen LogP) is 1.25. The van der Waals surface area contributed by atoms with E-state index in [1.165, 1.54) is 6.20 Å². The summed E-state index contributed by atoms with van der Waals surface area (Å²) in [6.07, 6.45) is 1.43. The number of hydrogen-bond donors (Lipinski definition) is 2. The third-order valence-corrected chi connectivity index (χ3v) is 2.79. The molecule has 0 aliphatic carbocycles. The summed E-state index contributed by atoms with van der Waals surface area (Å²) >= 11 is 5.82. The van der Waals surface area contributed by atoms with Crippen LogP contribution >= 0.6 is 11.6 Å². The average Bonchev–Trinajstić information content (AvgIpc) is 2.71. The molecule has 1 aromatic heterocycles. The Labute approximate surface area is 114 Å². The Kier molecular flexibility index (Phi) is 3.52. The fraction of sp³-hybridized carbons (Fsp3) is 0.0833. The Hall–Kier alpha value is -2.34. The van der Waals surface area contributed by atoms with Crippen molar-refractivity contribution in [1.29, 1.82) is 0 Å². The van der Waals surface area contributed by atoms with E-state index < -0.39 is 5.91 Å². The zero-order valence-electron chi connectivity index (χ0n) is 10.2. The first-order chi connectivity index (χ1) is 8.99. The number of carbonyl (C=O) groups is 1. The van der Waals surface area contributed by atoms with Crippen LogP contribution in [0.15, 0.2) is 35.5 Å². The van der Waals surface area contributed by atoms with E-state index >= 15 is 0 Å². The zero-order chi connectivity index (χ0) is 14.0. The monoisotopic (exact) mass is 277 g/mol.